The number of pyridine rings is 1. The van der Waals surface area contributed by atoms with Crippen molar-refractivity contribution in [3.63, 3.8) is 0 Å². The number of aromatic nitrogens is 1. The average Bonchev–Trinajstić information content (AvgIpc) is 3.09. The van der Waals surface area contributed by atoms with Gasteiger partial charge >= 0.3 is 5.97 Å². The number of allylic oxidation sites excluding steroid dienone is 1. The molecule has 2 aromatic heterocycles. The fourth-order valence-electron chi connectivity index (χ4n) is 4.53. The molecule has 162 valence electrons. The number of thiophene rings is 1. The van der Waals surface area contributed by atoms with Gasteiger partial charge in [0.05, 0.1) is 16.1 Å². The third-order valence-electron chi connectivity index (χ3n) is 6.14. The third-order valence-corrected chi connectivity index (χ3v) is 7.41. The van der Waals surface area contributed by atoms with Gasteiger partial charge in [0.2, 0.25) is 0 Å². The predicted molar refractivity (Wildman–Crippen MR) is 126 cm³/mol. The van der Waals surface area contributed by atoms with E-state index >= 15 is 4.39 Å². The van der Waals surface area contributed by atoms with Gasteiger partial charge < -0.3 is 5.11 Å². The molecular formula is C26H28FNO2S. The van der Waals surface area contributed by atoms with Crippen molar-refractivity contribution in [1.29, 1.82) is 0 Å². The molecule has 0 amide bonds. The Bertz CT molecular complexity index is 1190. The lowest BCUT2D eigenvalue weighted by Crippen LogP contribution is -2.15. The summed E-state index contributed by atoms with van der Waals surface area (Å²) in [5.41, 5.74) is 5.41. The summed E-state index contributed by atoms with van der Waals surface area (Å²) >= 11 is 1.64. The monoisotopic (exact) mass is 437 g/mol. The Morgan fingerprint density at radius 2 is 2.10 bits per heavy atom. The highest BCUT2D eigenvalue weighted by Crippen LogP contribution is 2.46. The first-order valence-electron chi connectivity index (χ1n) is 11.0. The topological polar surface area (TPSA) is 50.2 Å². The molecular weight excluding hydrogens is 409 g/mol. The molecule has 2 heterocycles. The molecule has 0 spiro atoms. The standard InChI is InChI=1S/C26H28FNO2S/c1-5-8-19(26(29)30)22-15(4)28-24-18-9-6-7-10-21(18)31-25(24)23(22)17-12-11-16(14(2)3)13-20(17)27/h6,9,11-14,19H,5,7-8,10H2,1-4H3,(H,29,30). The molecule has 1 aromatic carbocycles. The van der Waals surface area contributed by atoms with E-state index in [0.717, 1.165) is 40.6 Å². The van der Waals surface area contributed by atoms with Crippen LogP contribution in [0.3, 0.4) is 0 Å². The number of aliphatic carboxylic acids is 1. The molecule has 31 heavy (non-hydrogen) atoms. The molecule has 3 aromatic rings. The van der Waals surface area contributed by atoms with Gasteiger partial charge in [0.15, 0.2) is 0 Å². The molecule has 0 fully saturated rings. The fraction of sp³-hybridized carbons (Fsp3) is 0.385. The van der Waals surface area contributed by atoms with E-state index in [0.29, 0.717) is 28.8 Å². The van der Waals surface area contributed by atoms with Crippen LogP contribution in [0.25, 0.3) is 27.4 Å². The first-order chi connectivity index (χ1) is 14.8. The summed E-state index contributed by atoms with van der Waals surface area (Å²) in [6.07, 6.45) is 7.39. The Morgan fingerprint density at radius 1 is 1.32 bits per heavy atom. The van der Waals surface area contributed by atoms with E-state index in [1.807, 2.05) is 39.8 Å². The molecule has 1 atom stereocenters. The zero-order valence-electron chi connectivity index (χ0n) is 18.5. The van der Waals surface area contributed by atoms with Crippen LogP contribution < -0.4 is 0 Å². The number of hydrogen-bond acceptors (Lipinski definition) is 3. The second kappa shape index (κ2) is 8.54. The Morgan fingerprint density at radius 3 is 2.74 bits per heavy atom. The van der Waals surface area contributed by atoms with Gasteiger partial charge in [-0.05, 0) is 49.3 Å². The van der Waals surface area contributed by atoms with E-state index in [4.69, 9.17) is 4.98 Å². The van der Waals surface area contributed by atoms with Crippen LogP contribution in [0.15, 0.2) is 24.3 Å². The van der Waals surface area contributed by atoms with E-state index in [1.54, 1.807) is 17.4 Å². The lowest BCUT2D eigenvalue weighted by Gasteiger charge is -2.20. The van der Waals surface area contributed by atoms with Crippen molar-refractivity contribution in [3.05, 3.63) is 57.4 Å². The van der Waals surface area contributed by atoms with E-state index in [2.05, 4.69) is 12.2 Å². The van der Waals surface area contributed by atoms with Gasteiger partial charge in [-0.25, -0.2) is 4.39 Å². The van der Waals surface area contributed by atoms with E-state index in [1.165, 1.54) is 4.88 Å². The molecule has 4 rings (SSSR count). The van der Waals surface area contributed by atoms with Crippen molar-refractivity contribution < 1.29 is 14.3 Å². The first kappa shape index (κ1) is 21.7. The Kier molecular flexibility index (Phi) is 5.98. The highest BCUT2D eigenvalue weighted by Gasteiger charge is 2.30. The van der Waals surface area contributed by atoms with Crippen molar-refractivity contribution in [2.24, 2.45) is 0 Å². The number of carboxylic acid groups (broad SMARTS) is 1. The largest absolute Gasteiger partial charge is 0.481 e. The lowest BCUT2D eigenvalue weighted by atomic mass is 9.85. The maximum atomic E-state index is 15.5. The number of benzene rings is 1. The molecule has 0 bridgehead atoms. The summed E-state index contributed by atoms with van der Waals surface area (Å²) < 4.78 is 16.4. The summed E-state index contributed by atoms with van der Waals surface area (Å²) in [6, 6.07) is 5.37. The van der Waals surface area contributed by atoms with E-state index in [-0.39, 0.29) is 11.7 Å². The molecule has 3 nitrogen and oxygen atoms in total. The van der Waals surface area contributed by atoms with Crippen molar-refractivity contribution in [2.45, 2.75) is 65.2 Å². The van der Waals surface area contributed by atoms with Gasteiger partial charge in [0.25, 0.3) is 0 Å². The summed E-state index contributed by atoms with van der Waals surface area (Å²) in [5, 5.41) is 10.0. The number of aryl methyl sites for hydroxylation is 2. The van der Waals surface area contributed by atoms with Crippen LogP contribution in [0.5, 0.6) is 0 Å². The van der Waals surface area contributed by atoms with Gasteiger partial charge in [-0.3, -0.25) is 9.78 Å². The Balaban J connectivity index is 2.09. The number of carboxylic acids is 1. The SMILES string of the molecule is CCCC(C(=O)O)c1c(C)nc2c3c(sc2c1-c1ccc(C(C)C)cc1F)CCC=C3. The minimum atomic E-state index is -0.882. The number of halogens is 1. The summed E-state index contributed by atoms with van der Waals surface area (Å²) in [6.45, 7) is 7.91. The zero-order chi connectivity index (χ0) is 22.3. The van der Waals surface area contributed by atoms with Crippen molar-refractivity contribution >= 4 is 33.6 Å². The maximum absolute atomic E-state index is 15.5. The first-order valence-corrected chi connectivity index (χ1v) is 11.8. The van der Waals surface area contributed by atoms with Crippen LogP contribution in [-0.2, 0) is 11.2 Å². The number of rotatable bonds is 6. The normalized spacial score (nSPS) is 14.3. The highest BCUT2D eigenvalue weighted by atomic mass is 32.1. The second-order valence-electron chi connectivity index (χ2n) is 8.62. The van der Waals surface area contributed by atoms with Crippen LogP contribution >= 0.6 is 11.3 Å². The fourth-order valence-corrected chi connectivity index (χ4v) is 5.85. The van der Waals surface area contributed by atoms with E-state index in [9.17, 15) is 9.90 Å². The van der Waals surface area contributed by atoms with Crippen LogP contribution in [0.1, 0.15) is 79.1 Å². The predicted octanol–water partition coefficient (Wildman–Crippen LogP) is 7.46. The zero-order valence-corrected chi connectivity index (χ0v) is 19.3. The summed E-state index contributed by atoms with van der Waals surface area (Å²) in [4.78, 5) is 18.4. The van der Waals surface area contributed by atoms with Crippen LogP contribution in [0, 0.1) is 12.7 Å². The van der Waals surface area contributed by atoms with Crippen molar-refractivity contribution in [2.75, 3.05) is 0 Å². The molecule has 1 aliphatic carbocycles. The molecule has 1 unspecified atom stereocenters. The van der Waals surface area contributed by atoms with Crippen molar-refractivity contribution in [3.8, 4) is 11.1 Å². The van der Waals surface area contributed by atoms with E-state index < -0.39 is 11.9 Å². The molecule has 5 heteroatoms. The minimum Gasteiger partial charge on any atom is -0.481 e. The molecule has 0 saturated carbocycles. The molecule has 1 aliphatic rings. The highest BCUT2D eigenvalue weighted by molar-refractivity contribution is 7.20. The maximum Gasteiger partial charge on any atom is 0.311 e. The minimum absolute atomic E-state index is 0.216. The van der Waals surface area contributed by atoms with Crippen LogP contribution in [0.4, 0.5) is 4.39 Å². The quantitative estimate of drug-likeness (QED) is 0.435. The third kappa shape index (κ3) is 3.80. The van der Waals surface area contributed by atoms with Gasteiger partial charge in [0, 0.05) is 27.3 Å². The summed E-state index contributed by atoms with van der Waals surface area (Å²) in [5.74, 6) is -1.68. The van der Waals surface area contributed by atoms with Gasteiger partial charge in [-0.15, -0.1) is 11.3 Å². The molecule has 0 radical (unpaired) electrons. The average molecular weight is 438 g/mol. The molecule has 0 aliphatic heterocycles. The van der Waals surface area contributed by atoms with Crippen LogP contribution in [-0.4, -0.2) is 16.1 Å². The smallest absolute Gasteiger partial charge is 0.311 e. The lowest BCUT2D eigenvalue weighted by molar-refractivity contribution is -0.139. The molecule has 0 saturated heterocycles. The van der Waals surface area contributed by atoms with Crippen molar-refractivity contribution in [1.82, 2.24) is 4.98 Å². The van der Waals surface area contributed by atoms with Gasteiger partial charge in [-0.1, -0.05) is 51.5 Å². The number of carbonyl (C=O) groups is 1. The second-order valence-corrected chi connectivity index (χ2v) is 9.72. The Labute approximate surface area is 186 Å². The van der Waals surface area contributed by atoms with Gasteiger partial charge in [-0.2, -0.15) is 0 Å². The summed E-state index contributed by atoms with van der Waals surface area (Å²) in [7, 11) is 0. The van der Waals surface area contributed by atoms with Gasteiger partial charge in [0.1, 0.15) is 5.82 Å². The Hall–Kier alpha value is -2.53. The van der Waals surface area contributed by atoms with Crippen LogP contribution in [0.2, 0.25) is 0 Å². The number of nitrogens with zero attached hydrogens (tertiary/aromatic N) is 1. The number of fused-ring (bicyclic) bond motifs is 3. The number of hydrogen-bond donors (Lipinski definition) is 1. The molecule has 1 N–H and O–H groups in total.